The Labute approximate surface area is 212 Å². The van der Waals surface area contributed by atoms with E-state index in [0.29, 0.717) is 28.9 Å². The van der Waals surface area contributed by atoms with Gasteiger partial charge in [-0.1, -0.05) is 88.4 Å². The van der Waals surface area contributed by atoms with Crippen LogP contribution in [0, 0.1) is 0 Å². The molecule has 3 aromatic carbocycles. The van der Waals surface area contributed by atoms with E-state index in [1.807, 2.05) is 78.9 Å². The molecule has 3 aromatic rings. The number of phenols is 1. The smallest absolute Gasteiger partial charge is 0.267 e. The molecule has 0 saturated carbocycles. The molecule has 0 aliphatic carbocycles. The third kappa shape index (κ3) is 5.85. The van der Waals surface area contributed by atoms with Crippen LogP contribution in [0.15, 0.2) is 82.7 Å². The summed E-state index contributed by atoms with van der Waals surface area (Å²) in [4.78, 5) is 20.8. The van der Waals surface area contributed by atoms with E-state index in [9.17, 15) is 9.90 Å². The van der Waals surface area contributed by atoms with Gasteiger partial charge in [0.15, 0.2) is 5.17 Å². The van der Waals surface area contributed by atoms with Gasteiger partial charge in [-0.3, -0.25) is 14.7 Å². The zero-order valence-corrected chi connectivity index (χ0v) is 21.5. The quantitative estimate of drug-likeness (QED) is 0.358. The standard InChI is InChI=1S/C30H32N2O2S/c1-20(2)25-15-24(16-26(21(3)4)28(25)33)17-27-29(34)32(19-23-13-9-6-10-14-23)30(35-27)31-18-22-11-7-5-8-12-22/h5-17,20-21,33H,18-19H2,1-4H3/b27-17-,31-30?. The highest BCUT2D eigenvalue weighted by Gasteiger charge is 2.33. The minimum atomic E-state index is -0.0454. The van der Waals surface area contributed by atoms with Crippen molar-refractivity contribution < 1.29 is 9.90 Å². The summed E-state index contributed by atoms with van der Waals surface area (Å²) in [5.41, 5.74) is 4.89. The Kier molecular flexibility index (Phi) is 7.76. The van der Waals surface area contributed by atoms with Crippen LogP contribution in [0.1, 0.15) is 67.3 Å². The minimum Gasteiger partial charge on any atom is -0.507 e. The molecular formula is C30H32N2O2S. The number of carbonyl (C=O) groups excluding carboxylic acids is 1. The predicted octanol–water partition coefficient (Wildman–Crippen LogP) is 7.31. The van der Waals surface area contributed by atoms with Gasteiger partial charge in [0.25, 0.3) is 5.91 Å². The molecule has 0 radical (unpaired) electrons. The van der Waals surface area contributed by atoms with Crippen molar-refractivity contribution in [2.45, 2.75) is 52.6 Å². The summed E-state index contributed by atoms with van der Waals surface area (Å²) in [5, 5.41) is 11.5. The van der Waals surface area contributed by atoms with E-state index >= 15 is 0 Å². The fraction of sp³-hybridized carbons (Fsp3) is 0.267. The van der Waals surface area contributed by atoms with Crippen LogP contribution in [0.25, 0.3) is 6.08 Å². The normalized spacial score (nSPS) is 16.3. The lowest BCUT2D eigenvalue weighted by Crippen LogP contribution is -2.28. The highest BCUT2D eigenvalue weighted by molar-refractivity contribution is 8.18. The number of thioether (sulfide) groups is 1. The number of hydrogen-bond donors (Lipinski definition) is 1. The number of aromatic hydroxyl groups is 1. The second-order valence-electron chi connectivity index (χ2n) is 9.43. The van der Waals surface area contributed by atoms with Crippen LogP contribution in [0.5, 0.6) is 5.75 Å². The number of benzene rings is 3. The molecule has 0 unspecified atom stereocenters. The zero-order chi connectivity index (χ0) is 24.9. The van der Waals surface area contributed by atoms with Crippen LogP contribution in [0.2, 0.25) is 0 Å². The number of amidine groups is 1. The van der Waals surface area contributed by atoms with Crippen molar-refractivity contribution in [3.63, 3.8) is 0 Å². The van der Waals surface area contributed by atoms with Gasteiger partial charge in [-0.05, 0) is 69.6 Å². The topological polar surface area (TPSA) is 52.9 Å². The summed E-state index contributed by atoms with van der Waals surface area (Å²) >= 11 is 1.42. The summed E-state index contributed by atoms with van der Waals surface area (Å²) in [6.07, 6.45) is 1.94. The van der Waals surface area contributed by atoms with Crippen LogP contribution in [-0.2, 0) is 17.9 Å². The molecule has 0 atom stereocenters. The largest absolute Gasteiger partial charge is 0.507 e. The highest BCUT2D eigenvalue weighted by atomic mass is 32.2. The first-order valence-corrected chi connectivity index (χ1v) is 12.9. The van der Waals surface area contributed by atoms with E-state index < -0.39 is 0 Å². The van der Waals surface area contributed by atoms with Gasteiger partial charge >= 0.3 is 0 Å². The van der Waals surface area contributed by atoms with Gasteiger partial charge in [-0.15, -0.1) is 0 Å². The van der Waals surface area contributed by atoms with Gasteiger partial charge in [0, 0.05) is 0 Å². The highest BCUT2D eigenvalue weighted by Crippen LogP contribution is 2.38. The number of nitrogens with zero attached hydrogens (tertiary/aromatic N) is 2. The van der Waals surface area contributed by atoms with Crippen LogP contribution >= 0.6 is 11.8 Å². The molecule has 1 amide bonds. The molecule has 5 heteroatoms. The van der Waals surface area contributed by atoms with E-state index in [1.165, 1.54) is 11.8 Å². The Hall–Kier alpha value is -3.31. The molecule has 4 nitrogen and oxygen atoms in total. The summed E-state index contributed by atoms with van der Waals surface area (Å²) in [7, 11) is 0. The number of phenolic OH excluding ortho intramolecular Hbond substituents is 1. The summed E-state index contributed by atoms with van der Waals surface area (Å²) < 4.78 is 0. The monoisotopic (exact) mass is 484 g/mol. The third-order valence-electron chi connectivity index (χ3n) is 6.04. The Morgan fingerprint density at radius 3 is 1.97 bits per heavy atom. The van der Waals surface area contributed by atoms with Crippen molar-refractivity contribution in [1.82, 2.24) is 4.90 Å². The van der Waals surface area contributed by atoms with Gasteiger partial charge in [0.2, 0.25) is 0 Å². The molecule has 0 aromatic heterocycles. The van der Waals surface area contributed by atoms with E-state index in [1.54, 1.807) is 4.90 Å². The average Bonchev–Trinajstić information content (AvgIpc) is 3.13. The first kappa shape index (κ1) is 24.8. The van der Waals surface area contributed by atoms with Gasteiger partial charge < -0.3 is 5.11 Å². The number of aliphatic imine (C=N–C) groups is 1. The van der Waals surface area contributed by atoms with Gasteiger partial charge in [0.05, 0.1) is 18.0 Å². The number of carbonyl (C=O) groups is 1. The first-order chi connectivity index (χ1) is 16.8. The van der Waals surface area contributed by atoms with Crippen LogP contribution in [0.3, 0.4) is 0 Å². The van der Waals surface area contributed by atoms with Gasteiger partial charge in [-0.25, -0.2) is 0 Å². The molecule has 1 N–H and O–H groups in total. The molecule has 1 saturated heterocycles. The number of amides is 1. The fourth-order valence-electron chi connectivity index (χ4n) is 4.09. The van der Waals surface area contributed by atoms with Crippen molar-refractivity contribution in [2.24, 2.45) is 4.99 Å². The molecule has 1 heterocycles. The Morgan fingerprint density at radius 1 is 0.886 bits per heavy atom. The van der Waals surface area contributed by atoms with Crippen molar-refractivity contribution >= 4 is 28.9 Å². The second kappa shape index (κ2) is 11.0. The lowest BCUT2D eigenvalue weighted by molar-refractivity contribution is -0.122. The average molecular weight is 485 g/mol. The van der Waals surface area contributed by atoms with Crippen molar-refractivity contribution in [1.29, 1.82) is 0 Å². The predicted molar refractivity (Wildman–Crippen MR) is 146 cm³/mol. The lowest BCUT2D eigenvalue weighted by atomic mass is 9.91. The SMILES string of the molecule is CC(C)c1cc(/C=C2\SC(=NCc3ccccc3)N(Cc3ccccc3)C2=O)cc(C(C)C)c1O. The van der Waals surface area contributed by atoms with Gasteiger partial charge in [0.1, 0.15) is 5.75 Å². The molecular weight excluding hydrogens is 452 g/mol. The molecule has 0 spiro atoms. The van der Waals surface area contributed by atoms with E-state index in [2.05, 4.69) is 27.7 Å². The molecule has 4 rings (SSSR count). The maximum absolute atomic E-state index is 13.5. The fourth-order valence-corrected chi connectivity index (χ4v) is 5.07. The van der Waals surface area contributed by atoms with Crippen LogP contribution in [-0.4, -0.2) is 21.1 Å². The van der Waals surface area contributed by atoms with E-state index in [4.69, 9.17) is 4.99 Å². The van der Waals surface area contributed by atoms with Crippen LogP contribution < -0.4 is 0 Å². The minimum absolute atomic E-state index is 0.0454. The summed E-state index contributed by atoms with van der Waals surface area (Å²) in [6, 6.07) is 24.1. The summed E-state index contributed by atoms with van der Waals surface area (Å²) in [5.74, 6) is 0.667. The Morgan fingerprint density at radius 2 is 1.43 bits per heavy atom. The summed E-state index contributed by atoms with van der Waals surface area (Å²) in [6.45, 7) is 9.27. The third-order valence-corrected chi connectivity index (χ3v) is 7.09. The first-order valence-electron chi connectivity index (χ1n) is 12.0. The zero-order valence-electron chi connectivity index (χ0n) is 20.7. The van der Waals surface area contributed by atoms with E-state index in [0.717, 1.165) is 27.8 Å². The molecule has 1 fully saturated rings. The second-order valence-corrected chi connectivity index (χ2v) is 10.4. The van der Waals surface area contributed by atoms with Crippen molar-refractivity contribution in [2.75, 3.05) is 0 Å². The molecule has 0 bridgehead atoms. The lowest BCUT2D eigenvalue weighted by Gasteiger charge is -2.17. The molecule has 1 aliphatic rings. The molecule has 180 valence electrons. The molecule has 35 heavy (non-hydrogen) atoms. The van der Waals surface area contributed by atoms with Crippen molar-refractivity contribution in [3.05, 3.63) is 106 Å². The number of rotatable bonds is 7. The van der Waals surface area contributed by atoms with E-state index in [-0.39, 0.29) is 17.7 Å². The number of hydrogen-bond acceptors (Lipinski definition) is 4. The maximum Gasteiger partial charge on any atom is 0.267 e. The maximum atomic E-state index is 13.5. The van der Waals surface area contributed by atoms with Crippen LogP contribution in [0.4, 0.5) is 0 Å². The Balaban J connectivity index is 1.71. The van der Waals surface area contributed by atoms with Crippen molar-refractivity contribution in [3.8, 4) is 5.75 Å². The molecule has 1 aliphatic heterocycles. The Bertz CT molecular complexity index is 1220. The van der Waals surface area contributed by atoms with Gasteiger partial charge in [-0.2, -0.15) is 0 Å².